The molecule has 0 unspecified atom stereocenters. The third-order valence-corrected chi connectivity index (χ3v) is 4.21. The predicted molar refractivity (Wildman–Crippen MR) is 102 cm³/mol. The minimum absolute atomic E-state index is 0.133. The lowest BCUT2D eigenvalue weighted by atomic mass is 10.0. The summed E-state index contributed by atoms with van der Waals surface area (Å²) in [6.07, 6.45) is 0.157. The van der Waals surface area contributed by atoms with Gasteiger partial charge in [-0.1, -0.05) is 25.1 Å². The van der Waals surface area contributed by atoms with E-state index in [9.17, 15) is 4.79 Å². The van der Waals surface area contributed by atoms with Crippen LogP contribution in [0.1, 0.15) is 37.4 Å². The van der Waals surface area contributed by atoms with Crippen molar-refractivity contribution in [3.05, 3.63) is 53.6 Å². The van der Waals surface area contributed by atoms with Crippen molar-refractivity contribution in [3.8, 4) is 17.2 Å². The maximum atomic E-state index is 12.6. The number of aryl methyl sites for hydroxylation is 1. The molecule has 2 aromatic rings. The van der Waals surface area contributed by atoms with E-state index < -0.39 is 6.10 Å². The van der Waals surface area contributed by atoms with Crippen molar-refractivity contribution in [1.29, 1.82) is 0 Å². The number of amides is 1. The zero-order valence-electron chi connectivity index (χ0n) is 16.0. The van der Waals surface area contributed by atoms with Crippen molar-refractivity contribution in [1.82, 2.24) is 5.32 Å². The van der Waals surface area contributed by atoms with Gasteiger partial charge in [-0.3, -0.25) is 4.79 Å². The van der Waals surface area contributed by atoms with Crippen molar-refractivity contribution in [2.24, 2.45) is 0 Å². The number of benzene rings is 2. The van der Waals surface area contributed by atoms with Crippen LogP contribution in [0.2, 0.25) is 0 Å². The van der Waals surface area contributed by atoms with Gasteiger partial charge in [0, 0.05) is 0 Å². The summed E-state index contributed by atoms with van der Waals surface area (Å²) in [4.78, 5) is 12.6. The third-order valence-electron chi connectivity index (χ3n) is 4.21. The Labute approximate surface area is 155 Å². The van der Waals surface area contributed by atoms with Crippen molar-refractivity contribution >= 4 is 5.91 Å². The highest BCUT2D eigenvalue weighted by Gasteiger charge is 2.20. The maximum absolute atomic E-state index is 12.6. The van der Waals surface area contributed by atoms with Crippen LogP contribution in [-0.2, 0) is 4.79 Å². The molecule has 0 aromatic heterocycles. The fourth-order valence-corrected chi connectivity index (χ4v) is 2.73. The summed E-state index contributed by atoms with van der Waals surface area (Å²) >= 11 is 0. The second-order valence-electron chi connectivity index (χ2n) is 6.16. The molecule has 1 amide bonds. The predicted octanol–water partition coefficient (Wildman–Crippen LogP) is 4.05. The van der Waals surface area contributed by atoms with E-state index in [0.29, 0.717) is 17.2 Å². The molecule has 0 saturated carbocycles. The Morgan fingerprint density at radius 1 is 1.08 bits per heavy atom. The SMILES string of the molecule is CC[C@H](NC(=O)[C@H](C)Oc1cccc(C)c1)c1ccc(OC)c(OC)c1. The lowest BCUT2D eigenvalue weighted by molar-refractivity contribution is -0.128. The molecule has 2 rings (SSSR count). The first-order valence-electron chi connectivity index (χ1n) is 8.74. The summed E-state index contributed by atoms with van der Waals surface area (Å²) in [5.41, 5.74) is 2.05. The van der Waals surface area contributed by atoms with Gasteiger partial charge in [-0.2, -0.15) is 0 Å². The summed E-state index contributed by atoms with van der Waals surface area (Å²) in [6, 6.07) is 13.2. The monoisotopic (exact) mass is 357 g/mol. The van der Waals surface area contributed by atoms with Crippen LogP contribution in [-0.4, -0.2) is 26.2 Å². The Kier molecular flexibility index (Phi) is 6.89. The van der Waals surface area contributed by atoms with E-state index in [2.05, 4.69) is 5.32 Å². The van der Waals surface area contributed by atoms with Crippen LogP contribution in [0.5, 0.6) is 17.2 Å². The van der Waals surface area contributed by atoms with Crippen molar-refractivity contribution in [3.63, 3.8) is 0 Å². The molecule has 2 aromatic carbocycles. The molecule has 0 radical (unpaired) electrons. The van der Waals surface area contributed by atoms with E-state index in [1.807, 2.05) is 56.3 Å². The number of methoxy groups -OCH3 is 2. The van der Waals surface area contributed by atoms with E-state index >= 15 is 0 Å². The van der Waals surface area contributed by atoms with Crippen LogP contribution in [0.25, 0.3) is 0 Å². The zero-order chi connectivity index (χ0) is 19.1. The van der Waals surface area contributed by atoms with Crippen LogP contribution in [0.15, 0.2) is 42.5 Å². The van der Waals surface area contributed by atoms with Gasteiger partial charge in [-0.25, -0.2) is 0 Å². The first-order valence-corrected chi connectivity index (χ1v) is 8.74. The number of ether oxygens (including phenoxy) is 3. The smallest absolute Gasteiger partial charge is 0.261 e. The standard InChI is InChI=1S/C21H27NO4/c1-6-18(16-10-11-19(24-4)20(13-16)25-5)22-21(23)15(3)26-17-9-7-8-14(2)12-17/h7-13,15,18H,6H2,1-5H3,(H,22,23)/t15-,18-/m0/s1. The van der Waals surface area contributed by atoms with E-state index in [0.717, 1.165) is 17.5 Å². The topological polar surface area (TPSA) is 56.8 Å². The summed E-state index contributed by atoms with van der Waals surface area (Å²) < 4.78 is 16.4. The highest BCUT2D eigenvalue weighted by molar-refractivity contribution is 5.81. The average molecular weight is 357 g/mol. The molecule has 0 aliphatic rings. The van der Waals surface area contributed by atoms with Gasteiger partial charge in [0.1, 0.15) is 5.75 Å². The lowest BCUT2D eigenvalue weighted by Crippen LogP contribution is -2.38. The molecule has 140 valence electrons. The molecule has 26 heavy (non-hydrogen) atoms. The molecule has 5 heteroatoms. The second-order valence-corrected chi connectivity index (χ2v) is 6.16. The molecule has 2 atom stereocenters. The number of hydrogen-bond donors (Lipinski definition) is 1. The highest BCUT2D eigenvalue weighted by atomic mass is 16.5. The van der Waals surface area contributed by atoms with Gasteiger partial charge >= 0.3 is 0 Å². The van der Waals surface area contributed by atoms with Crippen molar-refractivity contribution in [2.45, 2.75) is 39.3 Å². The summed E-state index contributed by atoms with van der Waals surface area (Å²) in [6.45, 7) is 5.76. The van der Waals surface area contributed by atoms with Gasteiger partial charge in [0.15, 0.2) is 17.6 Å². The van der Waals surface area contributed by atoms with Gasteiger partial charge in [0.05, 0.1) is 20.3 Å². The summed E-state index contributed by atoms with van der Waals surface area (Å²) in [5, 5.41) is 3.05. The van der Waals surface area contributed by atoms with Gasteiger partial charge in [-0.05, 0) is 55.7 Å². The highest BCUT2D eigenvalue weighted by Crippen LogP contribution is 2.31. The molecule has 0 fully saturated rings. The quantitative estimate of drug-likeness (QED) is 0.774. The number of nitrogens with one attached hydrogen (secondary N) is 1. The van der Waals surface area contributed by atoms with Crippen LogP contribution in [0.3, 0.4) is 0 Å². The fourth-order valence-electron chi connectivity index (χ4n) is 2.73. The van der Waals surface area contributed by atoms with Gasteiger partial charge in [-0.15, -0.1) is 0 Å². The van der Waals surface area contributed by atoms with Gasteiger partial charge in [0.2, 0.25) is 0 Å². The molecule has 5 nitrogen and oxygen atoms in total. The Balaban J connectivity index is 2.07. The number of rotatable bonds is 8. The summed E-state index contributed by atoms with van der Waals surface area (Å²) in [5.74, 6) is 1.83. The fraction of sp³-hybridized carbons (Fsp3) is 0.381. The third kappa shape index (κ3) is 4.91. The average Bonchev–Trinajstić information content (AvgIpc) is 2.65. The Bertz CT molecular complexity index is 745. The number of hydrogen-bond acceptors (Lipinski definition) is 4. The Morgan fingerprint density at radius 3 is 2.42 bits per heavy atom. The minimum Gasteiger partial charge on any atom is -0.493 e. The van der Waals surface area contributed by atoms with Crippen LogP contribution >= 0.6 is 0 Å². The molecule has 0 saturated heterocycles. The normalized spacial score (nSPS) is 12.8. The van der Waals surface area contributed by atoms with E-state index in [1.165, 1.54) is 0 Å². The molecule has 0 aliphatic carbocycles. The molecule has 1 N–H and O–H groups in total. The Hall–Kier alpha value is -2.69. The van der Waals surface area contributed by atoms with E-state index in [-0.39, 0.29) is 11.9 Å². The lowest BCUT2D eigenvalue weighted by Gasteiger charge is -2.22. The zero-order valence-corrected chi connectivity index (χ0v) is 16.0. The van der Waals surface area contributed by atoms with E-state index in [4.69, 9.17) is 14.2 Å². The van der Waals surface area contributed by atoms with E-state index in [1.54, 1.807) is 21.1 Å². The molecular weight excluding hydrogens is 330 g/mol. The molecule has 0 bridgehead atoms. The summed E-state index contributed by atoms with van der Waals surface area (Å²) in [7, 11) is 3.19. The first-order chi connectivity index (χ1) is 12.5. The first kappa shape index (κ1) is 19.6. The van der Waals surface area contributed by atoms with Crippen LogP contribution in [0.4, 0.5) is 0 Å². The number of carbonyl (C=O) groups excluding carboxylic acids is 1. The molecule has 0 aliphatic heterocycles. The number of carbonyl (C=O) groups is 1. The second kappa shape index (κ2) is 9.13. The maximum Gasteiger partial charge on any atom is 0.261 e. The molecular formula is C21H27NO4. The molecule has 0 heterocycles. The Morgan fingerprint density at radius 2 is 1.81 bits per heavy atom. The minimum atomic E-state index is -0.592. The largest absolute Gasteiger partial charge is 0.493 e. The van der Waals surface area contributed by atoms with Crippen LogP contribution in [0, 0.1) is 6.92 Å². The van der Waals surface area contributed by atoms with Crippen LogP contribution < -0.4 is 19.5 Å². The van der Waals surface area contributed by atoms with Crippen molar-refractivity contribution in [2.75, 3.05) is 14.2 Å². The molecule has 0 spiro atoms. The van der Waals surface area contributed by atoms with Crippen molar-refractivity contribution < 1.29 is 19.0 Å². The van der Waals surface area contributed by atoms with Gasteiger partial charge < -0.3 is 19.5 Å². The van der Waals surface area contributed by atoms with Gasteiger partial charge in [0.25, 0.3) is 5.91 Å².